The van der Waals surface area contributed by atoms with Gasteiger partial charge >= 0.3 is 0 Å². The molecule has 0 saturated carbocycles. The van der Waals surface area contributed by atoms with Crippen LogP contribution in [0.25, 0.3) is 0 Å². The van der Waals surface area contributed by atoms with Gasteiger partial charge in [-0.15, -0.1) is 0 Å². The third kappa shape index (κ3) is 2.27. The summed E-state index contributed by atoms with van der Waals surface area (Å²) in [6.07, 6.45) is 5.38. The van der Waals surface area contributed by atoms with E-state index in [0.717, 1.165) is 5.56 Å². The fraction of sp³-hybridized carbons (Fsp3) is 0.214. The average Bonchev–Trinajstić information content (AvgIpc) is 2.44. The number of Topliss-reactive ketones (excluding diaryl/α,β-unsaturated/α-hetero) is 1. The number of carbonyl (C=O) groups is 1. The summed E-state index contributed by atoms with van der Waals surface area (Å²) in [5, 5.41) is 9.45. The van der Waals surface area contributed by atoms with Crippen LogP contribution in [-0.4, -0.2) is 27.5 Å². The fourth-order valence-corrected chi connectivity index (χ4v) is 2.19. The number of phenolic OH excluding ortho intramolecular Hbond substituents is 1. The van der Waals surface area contributed by atoms with Gasteiger partial charge in [-0.1, -0.05) is 0 Å². The van der Waals surface area contributed by atoms with Crippen LogP contribution in [0, 0.1) is 5.92 Å². The molecule has 1 aromatic heterocycles. The van der Waals surface area contributed by atoms with Gasteiger partial charge in [0, 0.05) is 12.4 Å². The zero-order valence-electron chi connectivity index (χ0n) is 10.1. The minimum absolute atomic E-state index is 0.0130. The molecule has 1 unspecified atom stereocenters. The van der Waals surface area contributed by atoms with E-state index >= 15 is 0 Å². The maximum atomic E-state index is 12.3. The first-order chi connectivity index (χ1) is 9.24. The highest BCUT2D eigenvalue weighted by Crippen LogP contribution is 2.31. The SMILES string of the molecule is O=C1c2cc(O)ccc2OCC1Cc1cncnc1. The molecule has 0 amide bonds. The summed E-state index contributed by atoms with van der Waals surface area (Å²) >= 11 is 0. The van der Waals surface area contributed by atoms with Crippen molar-refractivity contribution < 1.29 is 14.6 Å². The van der Waals surface area contributed by atoms with E-state index in [1.807, 2.05) is 0 Å². The quantitative estimate of drug-likeness (QED) is 0.883. The van der Waals surface area contributed by atoms with Gasteiger partial charge in [0.15, 0.2) is 5.78 Å². The van der Waals surface area contributed by atoms with E-state index in [2.05, 4.69) is 9.97 Å². The summed E-state index contributed by atoms with van der Waals surface area (Å²) in [6.45, 7) is 0.339. The molecule has 0 radical (unpaired) electrons. The van der Waals surface area contributed by atoms with Crippen molar-refractivity contribution in [2.45, 2.75) is 6.42 Å². The highest BCUT2D eigenvalue weighted by atomic mass is 16.5. The molecule has 0 fully saturated rings. The summed E-state index contributed by atoms with van der Waals surface area (Å²) < 4.78 is 5.56. The Morgan fingerprint density at radius 3 is 2.89 bits per heavy atom. The number of nitrogens with zero attached hydrogens (tertiary/aromatic N) is 2. The van der Waals surface area contributed by atoms with Gasteiger partial charge < -0.3 is 9.84 Å². The second-order valence-corrected chi connectivity index (χ2v) is 4.50. The molecule has 2 heterocycles. The fourth-order valence-electron chi connectivity index (χ4n) is 2.19. The molecule has 0 aliphatic carbocycles. The maximum absolute atomic E-state index is 12.3. The van der Waals surface area contributed by atoms with Gasteiger partial charge in [0.2, 0.25) is 0 Å². The molecule has 2 aromatic rings. The Morgan fingerprint density at radius 1 is 1.32 bits per heavy atom. The molecule has 0 saturated heterocycles. The third-order valence-corrected chi connectivity index (χ3v) is 3.14. The van der Waals surface area contributed by atoms with E-state index in [1.54, 1.807) is 18.5 Å². The number of carbonyl (C=O) groups excluding carboxylic acids is 1. The maximum Gasteiger partial charge on any atom is 0.173 e. The van der Waals surface area contributed by atoms with Crippen LogP contribution in [0.3, 0.4) is 0 Å². The Hall–Kier alpha value is -2.43. The molecule has 19 heavy (non-hydrogen) atoms. The number of rotatable bonds is 2. The second kappa shape index (κ2) is 4.68. The van der Waals surface area contributed by atoms with Crippen LogP contribution in [0.5, 0.6) is 11.5 Å². The highest BCUT2D eigenvalue weighted by molar-refractivity contribution is 6.01. The molecule has 3 rings (SSSR count). The van der Waals surface area contributed by atoms with Crippen LogP contribution in [0.4, 0.5) is 0 Å². The largest absolute Gasteiger partial charge is 0.508 e. The molecule has 5 heteroatoms. The van der Waals surface area contributed by atoms with E-state index in [-0.39, 0.29) is 17.5 Å². The molecular formula is C14H12N2O3. The predicted molar refractivity (Wildman–Crippen MR) is 67.2 cm³/mol. The van der Waals surface area contributed by atoms with Crippen LogP contribution >= 0.6 is 0 Å². The van der Waals surface area contributed by atoms with Gasteiger partial charge in [-0.3, -0.25) is 4.79 Å². The number of hydrogen-bond acceptors (Lipinski definition) is 5. The Balaban J connectivity index is 1.85. The number of phenols is 1. The predicted octanol–water partition coefficient (Wildman–Crippen LogP) is 1.62. The van der Waals surface area contributed by atoms with Crippen molar-refractivity contribution in [3.8, 4) is 11.5 Å². The zero-order chi connectivity index (χ0) is 13.2. The number of aromatic hydroxyl groups is 1. The molecule has 96 valence electrons. The summed E-state index contributed by atoms with van der Waals surface area (Å²) in [5.41, 5.74) is 1.33. The van der Waals surface area contributed by atoms with Gasteiger partial charge in [-0.2, -0.15) is 0 Å². The van der Waals surface area contributed by atoms with Crippen molar-refractivity contribution in [2.24, 2.45) is 5.92 Å². The van der Waals surface area contributed by atoms with Crippen LogP contribution in [0.2, 0.25) is 0 Å². The van der Waals surface area contributed by atoms with E-state index in [1.165, 1.54) is 18.5 Å². The van der Waals surface area contributed by atoms with Crippen LogP contribution in [-0.2, 0) is 6.42 Å². The molecular weight excluding hydrogens is 244 g/mol. The van der Waals surface area contributed by atoms with E-state index in [4.69, 9.17) is 4.74 Å². The molecule has 1 aliphatic rings. The minimum atomic E-state index is -0.264. The Labute approximate surface area is 109 Å². The summed E-state index contributed by atoms with van der Waals surface area (Å²) in [5.74, 6) is 0.323. The first kappa shape index (κ1) is 11.6. The lowest BCUT2D eigenvalue weighted by atomic mass is 9.90. The number of fused-ring (bicyclic) bond motifs is 1. The van der Waals surface area contributed by atoms with Crippen molar-refractivity contribution in [3.63, 3.8) is 0 Å². The van der Waals surface area contributed by atoms with Gasteiger partial charge in [0.1, 0.15) is 17.8 Å². The Morgan fingerprint density at radius 2 is 2.11 bits per heavy atom. The second-order valence-electron chi connectivity index (χ2n) is 4.50. The third-order valence-electron chi connectivity index (χ3n) is 3.14. The average molecular weight is 256 g/mol. The van der Waals surface area contributed by atoms with Gasteiger partial charge in [0.25, 0.3) is 0 Å². The molecule has 0 bridgehead atoms. The van der Waals surface area contributed by atoms with Crippen molar-refractivity contribution in [1.29, 1.82) is 0 Å². The number of aromatic nitrogens is 2. The van der Waals surface area contributed by atoms with E-state index < -0.39 is 0 Å². The van der Waals surface area contributed by atoms with Crippen LogP contribution in [0.15, 0.2) is 36.9 Å². The lowest BCUT2D eigenvalue weighted by molar-refractivity contribution is 0.0829. The van der Waals surface area contributed by atoms with Crippen molar-refractivity contribution in [3.05, 3.63) is 48.0 Å². The number of benzene rings is 1. The molecule has 1 N–H and O–H groups in total. The summed E-state index contributed by atoms with van der Waals surface area (Å²) in [6, 6.07) is 4.58. The van der Waals surface area contributed by atoms with Gasteiger partial charge in [-0.25, -0.2) is 9.97 Å². The summed E-state index contributed by atoms with van der Waals surface area (Å²) in [7, 11) is 0. The number of hydrogen-bond donors (Lipinski definition) is 1. The van der Waals surface area contributed by atoms with Crippen molar-refractivity contribution in [2.75, 3.05) is 6.61 Å². The normalized spacial score (nSPS) is 17.7. The monoisotopic (exact) mass is 256 g/mol. The Bertz CT molecular complexity index is 613. The number of ether oxygens (including phenoxy) is 1. The smallest absolute Gasteiger partial charge is 0.173 e. The first-order valence-corrected chi connectivity index (χ1v) is 5.98. The van der Waals surface area contributed by atoms with Gasteiger partial charge in [0.05, 0.1) is 18.1 Å². The standard InChI is InChI=1S/C14H12N2O3/c17-11-1-2-13-12(4-11)14(18)10(7-19-13)3-9-5-15-8-16-6-9/h1-2,4-6,8,10,17H,3,7H2. The van der Waals surface area contributed by atoms with Crippen molar-refractivity contribution >= 4 is 5.78 Å². The first-order valence-electron chi connectivity index (χ1n) is 5.98. The zero-order valence-corrected chi connectivity index (χ0v) is 10.1. The van der Waals surface area contributed by atoms with Crippen LogP contribution < -0.4 is 4.74 Å². The summed E-state index contributed by atoms with van der Waals surface area (Å²) in [4.78, 5) is 20.2. The Kier molecular flexibility index (Phi) is 2.87. The minimum Gasteiger partial charge on any atom is -0.508 e. The topological polar surface area (TPSA) is 72.3 Å². The van der Waals surface area contributed by atoms with Crippen LogP contribution in [0.1, 0.15) is 15.9 Å². The molecule has 0 spiro atoms. The lowest BCUT2D eigenvalue weighted by Crippen LogP contribution is -2.29. The number of ketones is 1. The highest BCUT2D eigenvalue weighted by Gasteiger charge is 2.29. The molecule has 1 aliphatic heterocycles. The van der Waals surface area contributed by atoms with E-state index in [9.17, 15) is 9.90 Å². The van der Waals surface area contributed by atoms with Crippen molar-refractivity contribution in [1.82, 2.24) is 9.97 Å². The molecule has 5 nitrogen and oxygen atoms in total. The molecule has 1 atom stereocenters. The van der Waals surface area contributed by atoms with Gasteiger partial charge in [-0.05, 0) is 30.2 Å². The molecule has 1 aromatic carbocycles. The van der Waals surface area contributed by atoms with E-state index in [0.29, 0.717) is 24.3 Å². The lowest BCUT2D eigenvalue weighted by Gasteiger charge is -2.24.